The molecule has 0 atom stereocenters. The van der Waals surface area contributed by atoms with Crippen molar-refractivity contribution in [1.82, 2.24) is 14.1 Å². The lowest BCUT2D eigenvalue weighted by atomic mass is 10.2. The number of nitrogens with zero attached hydrogens (tertiary/aromatic N) is 3. The highest BCUT2D eigenvalue weighted by Crippen LogP contribution is 2.25. The van der Waals surface area contributed by atoms with Crippen molar-refractivity contribution in [2.45, 2.75) is 13.3 Å². The Kier molecular flexibility index (Phi) is 3.89. The minimum absolute atomic E-state index is 0.165. The Morgan fingerprint density at radius 1 is 1.20 bits per heavy atom. The third kappa shape index (κ3) is 2.85. The Morgan fingerprint density at radius 3 is 2.76 bits per heavy atom. The van der Waals surface area contributed by atoms with Gasteiger partial charge in [0.2, 0.25) is 0 Å². The number of amides is 1. The van der Waals surface area contributed by atoms with Crippen LogP contribution in [0.2, 0.25) is 0 Å². The van der Waals surface area contributed by atoms with E-state index in [0.29, 0.717) is 5.69 Å². The van der Waals surface area contributed by atoms with E-state index >= 15 is 0 Å². The molecule has 0 bridgehead atoms. The molecular weight excluding hydrogens is 332 g/mol. The molecule has 0 fully saturated rings. The quantitative estimate of drug-likeness (QED) is 0.598. The molecule has 5 nitrogen and oxygen atoms in total. The van der Waals surface area contributed by atoms with Gasteiger partial charge in [0.25, 0.3) is 5.91 Å². The molecule has 6 heteroatoms. The number of aryl methyl sites for hydroxylation is 2. The number of hydrogen-bond donors (Lipinski definition) is 1. The monoisotopic (exact) mass is 350 g/mol. The molecular formula is C19H18N4OS. The Labute approximate surface area is 149 Å². The van der Waals surface area contributed by atoms with E-state index in [2.05, 4.69) is 14.9 Å². The van der Waals surface area contributed by atoms with Gasteiger partial charge in [0.15, 0.2) is 5.13 Å². The Morgan fingerprint density at radius 2 is 2.00 bits per heavy atom. The fourth-order valence-electron chi connectivity index (χ4n) is 2.88. The maximum Gasteiger partial charge on any atom is 0.275 e. The third-order valence-electron chi connectivity index (χ3n) is 4.19. The summed E-state index contributed by atoms with van der Waals surface area (Å²) in [6, 6.07) is 11.8. The first-order valence-corrected chi connectivity index (χ1v) is 8.97. The zero-order valence-corrected chi connectivity index (χ0v) is 14.9. The summed E-state index contributed by atoms with van der Waals surface area (Å²) in [4.78, 5) is 18.3. The van der Waals surface area contributed by atoms with Crippen LogP contribution >= 0.6 is 11.3 Å². The number of fused-ring (bicyclic) bond motifs is 1. The van der Waals surface area contributed by atoms with Gasteiger partial charge in [-0.3, -0.25) is 4.79 Å². The van der Waals surface area contributed by atoms with Gasteiger partial charge in [-0.2, -0.15) is 0 Å². The van der Waals surface area contributed by atoms with Crippen LogP contribution in [0.5, 0.6) is 0 Å². The fourth-order valence-corrected chi connectivity index (χ4v) is 3.84. The molecule has 0 radical (unpaired) electrons. The normalized spacial score (nSPS) is 11.1. The van der Waals surface area contributed by atoms with Crippen LogP contribution in [0.1, 0.15) is 22.3 Å². The molecule has 0 aliphatic rings. The second kappa shape index (κ2) is 6.22. The van der Waals surface area contributed by atoms with Crippen LogP contribution in [0, 0.1) is 0 Å². The predicted molar refractivity (Wildman–Crippen MR) is 102 cm³/mol. The number of aromatic nitrogens is 3. The average molecular weight is 350 g/mol. The first kappa shape index (κ1) is 15.7. The van der Waals surface area contributed by atoms with E-state index < -0.39 is 0 Å². The van der Waals surface area contributed by atoms with Crippen molar-refractivity contribution in [3.63, 3.8) is 0 Å². The molecule has 0 saturated heterocycles. The molecule has 25 heavy (non-hydrogen) atoms. The SMILES string of the molecule is CCc1sc(-n2cccc2)nc1C(=O)Nc1ccc2c(ccn2C)c1. The molecule has 4 aromatic rings. The highest BCUT2D eigenvalue weighted by molar-refractivity contribution is 7.14. The highest BCUT2D eigenvalue weighted by atomic mass is 32.1. The molecule has 1 aromatic carbocycles. The molecule has 0 unspecified atom stereocenters. The first-order chi connectivity index (χ1) is 12.2. The van der Waals surface area contributed by atoms with Crippen LogP contribution in [-0.4, -0.2) is 20.0 Å². The van der Waals surface area contributed by atoms with Gasteiger partial charge in [0, 0.05) is 47.1 Å². The summed E-state index contributed by atoms with van der Waals surface area (Å²) in [6.07, 6.45) is 6.65. The lowest BCUT2D eigenvalue weighted by molar-refractivity contribution is 0.102. The minimum Gasteiger partial charge on any atom is -0.351 e. The smallest absolute Gasteiger partial charge is 0.275 e. The lowest BCUT2D eigenvalue weighted by Crippen LogP contribution is -2.14. The van der Waals surface area contributed by atoms with Crippen LogP contribution in [0.4, 0.5) is 5.69 Å². The van der Waals surface area contributed by atoms with Gasteiger partial charge < -0.3 is 14.5 Å². The predicted octanol–water partition coefficient (Wildman–Crippen LogP) is 4.24. The van der Waals surface area contributed by atoms with E-state index in [0.717, 1.165) is 33.0 Å². The number of rotatable bonds is 4. The summed E-state index contributed by atoms with van der Waals surface area (Å²) < 4.78 is 3.98. The van der Waals surface area contributed by atoms with Crippen LogP contribution in [0.3, 0.4) is 0 Å². The van der Waals surface area contributed by atoms with Gasteiger partial charge in [0.1, 0.15) is 5.69 Å². The van der Waals surface area contributed by atoms with E-state index in [1.165, 1.54) is 0 Å². The van der Waals surface area contributed by atoms with Crippen molar-refractivity contribution in [3.8, 4) is 5.13 Å². The number of hydrogen-bond acceptors (Lipinski definition) is 3. The van der Waals surface area contributed by atoms with Gasteiger partial charge >= 0.3 is 0 Å². The Balaban J connectivity index is 1.63. The maximum atomic E-state index is 12.7. The number of carbonyl (C=O) groups is 1. The minimum atomic E-state index is -0.165. The second-order valence-electron chi connectivity index (χ2n) is 5.87. The third-order valence-corrected chi connectivity index (χ3v) is 5.40. The Hall–Kier alpha value is -2.86. The molecule has 126 valence electrons. The zero-order chi connectivity index (χ0) is 17.4. The summed E-state index contributed by atoms with van der Waals surface area (Å²) in [5.74, 6) is -0.165. The lowest BCUT2D eigenvalue weighted by Gasteiger charge is -2.05. The van der Waals surface area contributed by atoms with Crippen molar-refractivity contribution < 1.29 is 4.79 Å². The summed E-state index contributed by atoms with van der Waals surface area (Å²) in [7, 11) is 2.01. The number of benzene rings is 1. The molecule has 1 N–H and O–H groups in total. The number of anilines is 1. The summed E-state index contributed by atoms with van der Waals surface area (Å²) in [5, 5.41) is 4.89. The van der Waals surface area contributed by atoms with Crippen molar-refractivity contribution in [2.24, 2.45) is 7.05 Å². The summed E-state index contributed by atoms with van der Waals surface area (Å²) in [5.41, 5.74) is 2.42. The van der Waals surface area contributed by atoms with Crippen molar-refractivity contribution in [2.75, 3.05) is 5.32 Å². The average Bonchev–Trinajstić information content (AvgIpc) is 3.34. The molecule has 0 saturated carbocycles. The van der Waals surface area contributed by atoms with E-state index in [1.54, 1.807) is 11.3 Å². The van der Waals surface area contributed by atoms with Gasteiger partial charge in [0.05, 0.1) is 0 Å². The zero-order valence-electron chi connectivity index (χ0n) is 14.1. The van der Waals surface area contributed by atoms with E-state index in [-0.39, 0.29) is 5.91 Å². The van der Waals surface area contributed by atoms with E-state index in [9.17, 15) is 4.79 Å². The Bertz CT molecular complexity index is 1040. The molecule has 0 spiro atoms. The fraction of sp³-hybridized carbons (Fsp3) is 0.158. The van der Waals surface area contributed by atoms with Crippen LogP contribution < -0.4 is 5.32 Å². The second-order valence-corrected chi connectivity index (χ2v) is 6.93. The van der Waals surface area contributed by atoms with Crippen molar-refractivity contribution >= 4 is 33.8 Å². The molecule has 0 aliphatic heterocycles. The number of thiazole rings is 1. The van der Waals surface area contributed by atoms with Crippen LogP contribution in [0.25, 0.3) is 16.0 Å². The van der Waals surface area contributed by atoms with Crippen molar-refractivity contribution in [3.05, 3.63) is 65.6 Å². The van der Waals surface area contributed by atoms with Gasteiger partial charge in [-0.25, -0.2) is 4.98 Å². The van der Waals surface area contributed by atoms with Gasteiger partial charge in [-0.05, 0) is 42.8 Å². The molecule has 1 amide bonds. The first-order valence-electron chi connectivity index (χ1n) is 8.15. The van der Waals surface area contributed by atoms with E-state index in [4.69, 9.17) is 0 Å². The van der Waals surface area contributed by atoms with Gasteiger partial charge in [-0.1, -0.05) is 6.92 Å². The van der Waals surface area contributed by atoms with E-state index in [1.807, 2.05) is 73.5 Å². The molecule has 3 aromatic heterocycles. The summed E-state index contributed by atoms with van der Waals surface area (Å²) in [6.45, 7) is 2.04. The standard InChI is InChI=1S/C19H18N4OS/c1-3-16-17(21-19(25-16)23-9-4-5-10-23)18(24)20-14-6-7-15-13(12-14)8-11-22(15)2/h4-12H,3H2,1-2H3,(H,20,24). The number of nitrogens with one attached hydrogen (secondary N) is 1. The van der Waals surface area contributed by atoms with Crippen LogP contribution in [-0.2, 0) is 13.5 Å². The molecule has 4 rings (SSSR count). The number of carbonyl (C=O) groups excluding carboxylic acids is 1. The topological polar surface area (TPSA) is 51.9 Å². The molecule has 0 aliphatic carbocycles. The molecule has 3 heterocycles. The largest absolute Gasteiger partial charge is 0.351 e. The van der Waals surface area contributed by atoms with Crippen molar-refractivity contribution in [1.29, 1.82) is 0 Å². The maximum absolute atomic E-state index is 12.7. The van der Waals surface area contributed by atoms with Crippen LogP contribution in [0.15, 0.2) is 55.0 Å². The summed E-state index contributed by atoms with van der Waals surface area (Å²) >= 11 is 1.55. The highest BCUT2D eigenvalue weighted by Gasteiger charge is 2.18. The van der Waals surface area contributed by atoms with Gasteiger partial charge in [-0.15, -0.1) is 11.3 Å².